The van der Waals surface area contributed by atoms with Crippen molar-refractivity contribution >= 4 is 71.3 Å². The summed E-state index contributed by atoms with van der Waals surface area (Å²) in [6, 6.07) is 11.6. The second-order valence-corrected chi connectivity index (χ2v) is 7.54. The van der Waals surface area contributed by atoms with E-state index in [4.69, 9.17) is 0 Å². The molecule has 0 aliphatic carbocycles. The van der Waals surface area contributed by atoms with E-state index in [1.54, 1.807) is 18.2 Å². The molecule has 2 N–H and O–H groups in total. The van der Waals surface area contributed by atoms with E-state index in [-0.39, 0.29) is 50.1 Å². The van der Waals surface area contributed by atoms with Gasteiger partial charge in [-0.1, -0.05) is 24.3 Å². The van der Waals surface area contributed by atoms with Crippen LogP contribution in [0.5, 0.6) is 0 Å². The van der Waals surface area contributed by atoms with Gasteiger partial charge in [0.1, 0.15) is 9.79 Å². The maximum Gasteiger partial charge on any atom is 0.295 e. The summed E-state index contributed by atoms with van der Waals surface area (Å²) in [6.45, 7) is 0. The molecule has 0 atom stereocenters. The summed E-state index contributed by atoms with van der Waals surface area (Å²) in [5, 5.41) is 1.40. The molecule has 0 aliphatic heterocycles. The van der Waals surface area contributed by atoms with Gasteiger partial charge in [-0.15, -0.1) is 0 Å². The Balaban J connectivity index is 0.00000192. The van der Waals surface area contributed by atoms with Crippen molar-refractivity contribution in [2.45, 2.75) is 9.79 Å². The number of hydrogen-bond acceptors (Lipinski definition) is 4. The minimum absolute atomic E-state index is 0. The topological polar surface area (TPSA) is 109 Å². The molecule has 0 bridgehead atoms. The van der Waals surface area contributed by atoms with Crippen molar-refractivity contribution in [3.63, 3.8) is 0 Å². The van der Waals surface area contributed by atoms with Gasteiger partial charge in [0.2, 0.25) is 0 Å². The summed E-state index contributed by atoms with van der Waals surface area (Å²) >= 11 is 0. The zero-order chi connectivity index (χ0) is 16.1. The molecule has 0 saturated carbocycles. The van der Waals surface area contributed by atoms with Crippen LogP contribution >= 0.6 is 0 Å². The number of fused-ring (bicyclic) bond motifs is 2. The minimum Gasteiger partial charge on any atom is -0.282 e. The van der Waals surface area contributed by atoms with Crippen LogP contribution in [0.4, 0.5) is 0 Å². The van der Waals surface area contributed by atoms with Gasteiger partial charge in [0.25, 0.3) is 20.2 Å². The molecule has 0 unspecified atom stereocenters. The molecule has 0 saturated heterocycles. The normalized spacial score (nSPS) is 12.3. The average Bonchev–Trinajstić information content (AvgIpc) is 2.41. The Labute approximate surface area is 154 Å². The van der Waals surface area contributed by atoms with E-state index >= 15 is 0 Å². The molecule has 9 heteroatoms. The molecular weight excluding hydrogens is 351 g/mol. The fraction of sp³-hybridized carbons (Fsp3) is 0. The minimum atomic E-state index is -4.46. The molecule has 0 heterocycles. The summed E-state index contributed by atoms with van der Waals surface area (Å²) < 4.78 is 64.4. The van der Waals surface area contributed by atoms with Crippen molar-refractivity contribution in [1.29, 1.82) is 0 Å². The van der Waals surface area contributed by atoms with Gasteiger partial charge in [-0.25, -0.2) is 0 Å². The van der Waals surface area contributed by atoms with Crippen LogP contribution < -0.4 is 0 Å². The Morgan fingerprint density at radius 2 is 1.04 bits per heavy atom. The number of hydrogen-bond donors (Lipinski definition) is 2. The van der Waals surface area contributed by atoms with Crippen molar-refractivity contribution in [3.8, 4) is 0 Å². The molecule has 0 spiro atoms. The molecule has 23 heavy (non-hydrogen) atoms. The van der Waals surface area contributed by atoms with E-state index < -0.39 is 20.2 Å². The molecule has 1 radical (unpaired) electrons. The van der Waals surface area contributed by atoms with E-state index in [2.05, 4.69) is 0 Å². The van der Waals surface area contributed by atoms with Gasteiger partial charge in [0, 0.05) is 40.3 Å². The monoisotopic (exact) mass is 361 g/mol. The molecule has 3 rings (SSSR count). The number of rotatable bonds is 2. The second kappa shape index (κ2) is 6.14. The van der Waals surface area contributed by atoms with Crippen molar-refractivity contribution in [2.24, 2.45) is 0 Å². The SMILES string of the molecule is O=S(=O)(O)c1cccc2cc3cccc(S(=O)(=O)O)c3cc12.[Na]. The van der Waals surface area contributed by atoms with Gasteiger partial charge in [-0.2, -0.15) is 16.8 Å². The average molecular weight is 361 g/mol. The van der Waals surface area contributed by atoms with E-state index in [9.17, 15) is 25.9 Å². The fourth-order valence-corrected chi connectivity index (χ4v) is 3.85. The first-order chi connectivity index (χ1) is 10.2. The quantitative estimate of drug-likeness (QED) is 0.411. The Morgan fingerprint density at radius 1 is 0.652 bits per heavy atom. The number of benzene rings is 3. The van der Waals surface area contributed by atoms with Crippen molar-refractivity contribution < 1.29 is 25.9 Å². The second-order valence-electron chi connectivity index (χ2n) is 4.76. The van der Waals surface area contributed by atoms with Gasteiger partial charge in [-0.05, 0) is 35.0 Å². The Kier molecular flexibility index (Phi) is 4.89. The molecular formula is C14H10NaO6S2. The molecule has 0 amide bonds. The van der Waals surface area contributed by atoms with Crippen LogP contribution in [0, 0.1) is 0 Å². The van der Waals surface area contributed by atoms with Crippen LogP contribution in [0.3, 0.4) is 0 Å². The summed E-state index contributed by atoms with van der Waals surface area (Å²) in [5.74, 6) is 0. The maximum absolute atomic E-state index is 11.5. The Hall–Kier alpha value is -1.000. The van der Waals surface area contributed by atoms with Gasteiger partial charge in [0.05, 0.1) is 0 Å². The third-order valence-electron chi connectivity index (χ3n) is 3.36. The van der Waals surface area contributed by atoms with Crippen molar-refractivity contribution in [2.75, 3.05) is 0 Å². The molecule has 0 fully saturated rings. The van der Waals surface area contributed by atoms with E-state index in [1.165, 1.54) is 30.3 Å². The van der Waals surface area contributed by atoms with Crippen LogP contribution in [0.15, 0.2) is 58.3 Å². The molecule has 6 nitrogen and oxygen atoms in total. The zero-order valence-electron chi connectivity index (χ0n) is 12.0. The predicted molar refractivity (Wildman–Crippen MR) is 86.8 cm³/mol. The Bertz CT molecular complexity index is 1030. The fourth-order valence-electron chi connectivity index (χ4n) is 2.44. The van der Waals surface area contributed by atoms with Crippen LogP contribution in [-0.4, -0.2) is 55.5 Å². The van der Waals surface area contributed by atoms with Crippen molar-refractivity contribution in [1.82, 2.24) is 0 Å². The zero-order valence-corrected chi connectivity index (χ0v) is 15.6. The molecule has 3 aromatic carbocycles. The van der Waals surface area contributed by atoms with Crippen LogP contribution in [0.1, 0.15) is 0 Å². The summed E-state index contributed by atoms with van der Waals surface area (Å²) in [7, 11) is -8.92. The molecule has 115 valence electrons. The third kappa shape index (κ3) is 3.43. The van der Waals surface area contributed by atoms with E-state index in [0.29, 0.717) is 10.8 Å². The smallest absolute Gasteiger partial charge is 0.282 e. The maximum atomic E-state index is 11.5. The van der Waals surface area contributed by atoms with Crippen molar-refractivity contribution in [3.05, 3.63) is 48.5 Å². The van der Waals surface area contributed by atoms with Crippen LogP contribution in [-0.2, 0) is 20.2 Å². The first-order valence-electron chi connectivity index (χ1n) is 6.08. The summed E-state index contributed by atoms with van der Waals surface area (Å²) in [5.41, 5.74) is 0. The largest absolute Gasteiger partial charge is 0.295 e. The third-order valence-corrected chi connectivity index (χ3v) is 5.18. The Morgan fingerprint density at radius 3 is 1.39 bits per heavy atom. The van der Waals surface area contributed by atoms with Gasteiger partial charge in [-0.3, -0.25) is 9.11 Å². The van der Waals surface area contributed by atoms with Gasteiger partial charge >= 0.3 is 0 Å². The van der Waals surface area contributed by atoms with E-state index in [1.807, 2.05) is 0 Å². The van der Waals surface area contributed by atoms with Gasteiger partial charge in [0.15, 0.2) is 0 Å². The summed E-state index contributed by atoms with van der Waals surface area (Å²) in [4.78, 5) is -0.644. The standard InChI is InChI=1S/C14H10O6S2.Na/c15-21(16,17)13-5-1-3-9-7-10-4-2-6-14(22(18,19)20)12(10)8-11(9)13;/h1-8H,(H,15,16,17)(H,18,19,20);. The first kappa shape index (κ1) is 18.3. The summed E-state index contributed by atoms with van der Waals surface area (Å²) in [6.07, 6.45) is 0. The molecule has 3 aromatic rings. The molecule has 0 aromatic heterocycles. The van der Waals surface area contributed by atoms with Crippen LogP contribution in [0.2, 0.25) is 0 Å². The molecule has 0 aliphatic rings. The van der Waals surface area contributed by atoms with E-state index in [0.717, 1.165) is 0 Å². The first-order valence-corrected chi connectivity index (χ1v) is 8.96. The van der Waals surface area contributed by atoms with Crippen LogP contribution in [0.25, 0.3) is 21.5 Å². The predicted octanol–water partition coefficient (Wildman–Crippen LogP) is 2.11. The van der Waals surface area contributed by atoms with Gasteiger partial charge < -0.3 is 0 Å².